The summed E-state index contributed by atoms with van der Waals surface area (Å²) in [6.07, 6.45) is 0. The number of thiophene rings is 1. The molecule has 0 saturated carbocycles. The van der Waals surface area contributed by atoms with Crippen molar-refractivity contribution in [1.82, 2.24) is 5.32 Å². The molecule has 0 radical (unpaired) electrons. The lowest BCUT2D eigenvalue weighted by Gasteiger charge is -2.19. The van der Waals surface area contributed by atoms with Crippen LogP contribution in [-0.2, 0) is 0 Å². The number of hydrogen-bond acceptors (Lipinski definition) is 2. The number of halogens is 2. The fourth-order valence-corrected chi connectivity index (χ4v) is 3.36. The van der Waals surface area contributed by atoms with E-state index in [-0.39, 0.29) is 6.04 Å². The van der Waals surface area contributed by atoms with Crippen LogP contribution in [-0.4, -0.2) is 6.54 Å². The van der Waals surface area contributed by atoms with Gasteiger partial charge in [0.1, 0.15) is 11.6 Å². The number of nitrogens with one attached hydrogen (secondary N) is 1. The Hall–Kier alpha value is -1.26. The van der Waals surface area contributed by atoms with Crippen LogP contribution >= 0.6 is 11.3 Å². The highest BCUT2D eigenvalue weighted by Crippen LogP contribution is 2.33. The molecule has 1 N–H and O–H groups in total. The highest BCUT2D eigenvalue weighted by Gasteiger charge is 2.21. The van der Waals surface area contributed by atoms with E-state index < -0.39 is 11.6 Å². The van der Waals surface area contributed by atoms with Gasteiger partial charge in [0.25, 0.3) is 0 Å². The van der Waals surface area contributed by atoms with Gasteiger partial charge in [-0.25, -0.2) is 8.78 Å². The van der Waals surface area contributed by atoms with E-state index in [0.717, 1.165) is 23.1 Å². The molecule has 1 aromatic heterocycles. The minimum atomic E-state index is -0.546. The monoisotopic (exact) mass is 281 g/mol. The summed E-state index contributed by atoms with van der Waals surface area (Å²) >= 11 is 1.65. The molecule has 102 valence electrons. The van der Waals surface area contributed by atoms with Gasteiger partial charge in [0.2, 0.25) is 0 Å². The van der Waals surface area contributed by atoms with Crippen molar-refractivity contribution in [2.75, 3.05) is 6.54 Å². The Labute approximate surface area is 116 Å². The maximum absolute atomic E-state index is 14.0. The highest BCUT2D eigenvalue weighted by atomic mass is 32.1. The molecular formula is C15H17F2NS. The molecule has 19 heavy (non-hydrogen) atoms. The molecule has 0 saturated heterocycles. The van der Waals surface area contributed by atoms with Crippen molar-refractivity contribution in [2.24, 2.45) is 0 Å². The van der Waals surface area contributed by atoms with Crippen molar-refractivity contribution in [1.29, 1.82) is 0 Å². The smallest absolute Gasteiger partial charge is 0.131 e. The van der Waals surface area contributed by atoms with Gasteiger partial charge in [-0.15, -0.1) is 11.3 Å². The fourth-order valence-electron chi connectivity index (χ4n) is 2.23. The molecule has 0 aliphatic carbocycles. The molecule has 2 rings (SSSR count). The number of rotatable bonds is 4. The van der Waals surface area contributed by atoms with Crippen LogP contribution in [0.3, 0.4) is 0 Å². The van der Waals surface area contributed by atoms with E-state index >= 15 is 0 Å². The van der Waals surface area contributed by atoms with Crippen LogP contribution in [0.5, 0.6) is 0 Å². The second kappa shape index (κ2) is 5.80. The molecule has 2 aromatic rings. The lowest BCUT2D eigenvalue weighted by molar-refractivity contribution is 0.543. The number of aryl methyl sites for hydroxylation is 2. The molecule has 0 aliphatic heterocycles. The third-order valence-corrected chi connectivity index (χ3v) is 4.24. The molecule has 0 fully saturated rings. The zero-order chi connectivity index (χ0) is 14.0. The molecular weight excluding hydrogens is 264 g/mol. The highest BCUT2D eigenvalue weighted by molar-refractivity contribution is 7.12. The Balaban J connectivity index is 2.48. The predicted octanol–water partition coefficient (Wildman–Crippen LogP) is 4.34. The van der Waals surface area contributed by atoms with Gasteiger partial charge in [-0.05, 0) is 38.1 Å². The summed E-state index contributed by atoms with van der Waals surface area (Å²) in [5.41, 5.74) is 1.63. The van der Waals surface area contributed by atoms with Crippen molar-refractivity contribution in [3.05, 3.63) is 56.8 Å². The van der Waals surface area contributed by atoms with Crippen LogP contribution in [0, 0.1) is 25.5 Å². The standard InChI is InChI=1S/C15H17F2NS/c1-4-18-14(15-9(2)7-10(3)19-15)12-6-5-11(16)8-13(12)17/h5-8,14,18H,4H2,1-3H3. The van der Waals surface area contributed by atoms with E-state index in [1.54, 1.807) is 11.3 Å². The van der Waals surface area contributed by atoms with Crippen molar-refractivity contribution >= 4 is 11.3 Å². The summed E-state index contributed by atoms with van der Waals surface area (Å²) in [7, 11) is 0. The summed E-state index contributed by atoms with van der Waals surface area (Å²) in [4.78, 5) is 2.28. The first-order valence-corrected chi connectivity index (χ1v) is 7.09. The zero-order valence-electron chi connectivity index (χ0n) is 11.3. The number of hydrogen-bond donors (Lipinski definition) is 1. The normalized spacial score (nSPS) is 12.7. The summed E-state index contributed by atoms with van der Waals surface area (Å²) in [6, 6.07) is 5.64. The van der Waals surface area contributed by atoms with Gasteiger partial charge in [-0.1, -0.05) is 13.0 Å². The van der Waals surface area contributed by atoms with Gasteiger partial charge >= 0.3 is 0 Å². The Bertz CT molecular complexity index is 578. The van der Waals surface area contributed by atoms with Crippen LogP contribution in [0.1, 0.15) is 33.8 Å². The minimum Gasteiger partial charge on any atom is -0.306 e. The molecule has 1 aromatic carbocycles. The fraction of sp³-hybridized carbons (Fsp3) is 0.333. The second-order valence-corrected chi connectivity index (χ2v) is 5.85. The van der Waals surface area contributed by atoms with Gasteiger partial charge in [0, 0.05) is 21.4 Å². The molecule has 0 bridgehead atoms. The van der Waals surface area contributed by atoms with E-state index in [2.05, 4.69) is 11.4 Å². The summed E-state index contributed by atoms with van der Waals surface area (Å²) in [6.45, 7) is 6.75. The molecule has 1 unspecified atom stereocenters. The second-order valence-electron chi connectivity index (χ2n) is 4.56. The maximum atomic E-state index is 14.0. The van der Waals surface area contributed by atoms with E-state index in [4.69, 9.17) is 0 Å². The van der Waals surface area contributed by atoms with Gasteiger partial charge in [-0.2, -0.15) is 0 Å². The van der Waals surface area contributed by atoms with Crippen LogP contribution in [0.2, 0.25) is 0 Å². The van der Waals surface area contributed by atoms with E-state index in [1.165, 1.54) is 17.0 Å². The van der Waals surface area contributed by atoms with Crippen LogP contribution < -0.4 is 5.32 Å². The van der Waals surface area contributed by atoms with Crippen LogP contribution in [0.4, 0.5) is 8.78 Å². The quantitative estimate of drug-likeness (QED) is 0.879. The molecule has 0 spiro atoms. The van der Waals surface area contributed by atoms with E-state index in [0.29, 0.717) is 5.56 Å². The lowest BCUT2D eigenvalue weighted by Crippen LogP contribution is -2.22. The average Bonchev–Trinajstić information content (AvgIpc) is 2.66. The van der Waals surface area contributed by atoms with Crippen molar-refractivity contribution < 1.29 is 8.78 Å². The summed E-state index contributed by atoms with van der Waals surface area (Å²) in [5, 5.41) is 3.28. The maximum Gasteiger partial charge on any atom is 0.131 e. The molecule has 1 heterocycles. The third kappa shape index (κ3) is 3.01. The zero-order valence-corrected chi connectivity index (χ0v) is 12.1. The Morgan fingerprint density at radius 2 is 1.95 bits per heavy atom. The van der Waals surface area contributed by atoms with Crippen molar-refractivity contribution in [3.63, 3.8) is 0 Å². The molecule has 4 heteroatoms. The first-order chi connectivity index (χ1) is 9.02. The van der Waals surface area contributed by atoms with Crippen LogP contribution in [0.25, 0.3) is 0 Å². The van der Waals surface area contributed by atoms with Crippen molar-refractivity contribution in [3.8, 4) is 0 Å². The number of benzene rings is 1. The molecule has 1 atom stereocenters. The van der Waals surface area contributed by atoms with Gasteiger partial charge in [0.15, 0.2) is 0 Å². The molecule has 0 amide bonds. The van der Waals surface area contributed by atoms with E-state index in [9.17, 15) is 8.78 Å². The molecule has 1 nitrogen and oxygen atoms in total. The SMILES string of the molecule is CCNC(c1ccc(F)cc1F)c1sc(C)cc1C. The van der Waals surface area contributed by atoms with Crippen LogP contribution in [0.15, 0.2) is 24.3 Å². The first-order valence-electron chi connectivity index (χ1n) is 6.28. The Kier molecular flexibility index (Phi) is 4.32. The predicted molar refractivity (Wildman–Crippen MR) is 75.7 cm³/mol. The topological polar surface area (TPSA) is 12.0 Å². The Morgan fingerprint density at radius 1 is 1.21 bits per heavy atom. The van der Waals surface area contributed by atoms with Gasteiger partial charge < -0.3 is 5.32 Å². The minimum absolute atomic E-state index is 0.218. The van der Waals surface area contributed by atoms with Crippen molar-refractivity contribution in [2.45, 2.75) is 26.8 Å². The molecule has 0 aliphatic rings. The Morgan fingerprint density at radius 3 is 2.47 bits per heavy atom. The summed E-state index contributed by atoms with van der Waals surface area (Å²) < 4.78 is 27.0. The third-order valence-electron chi connectivity index (χ3n) is 3.02. The van der Waals surface area contributed by atoms with Gasteiger partial charge in [-0.3, -0.25) is 0 Å². The van der Waals surface area contributed by atoms with Gasteiger partial charge in [0.05, 0.1) is 6.04 Å². The average molecular weight is 281 g/mol. The largest absolute Gasteiger partial charge is 0.306 e. The van der Waals surface area contributed by atoms with E-state index in [1.807, 2.05) is 20.8 Å². The first kappa shape index (κ1) is 14.2. The lowest BCUT2D eigenvalue weighted by atomic mass is 10.0. The summed E-state index contributed by atoms with van der Waals surface area (Å²) in [5.74, 6) is -1.05.